The lowest BCUT2D eigenvalue weighted by molar-refractivity contribution is 0.661. The fraction of sp³-hybridized carbons (Fsp3) is 0.0909. The van der Waals surface area contributed by atoms with E-state index >= 15 is 0 Å². The summed E-state index contributed by atoms with van der Waals surface area (Å²) in [7, 11) is 0. The molecule has 0 aliphatic heterocycles. The molecule has 14 rings (SSSR count). The highest BCUT2D eigenvalue weighted by Gasteiger charge is 2.27. The molecule has 2 aromatic heterocycles. The summed E-state index contributed by atoms with van der Waals surface area (Å²) >= 11 is 0. The van der Waals surface area contributed by atoms with Crippen molar-refractivity contribution in [2.45, 2.75) is 39.5 Å². The minimum atomic E-state index is 0.885. The zero-order valence-corrected chi connectivity index (χ0v) is 39.2. The molecule has 0 atom stereocenters. The molecule has 0 aliphatic rings. The lowest BCUT2D eigenvalue weighted by atomic mass is 9.91. The predicted octanol–water partition coefficient (Wildman–Crippen LogP) is 19.5. The van der Waals surface area contributed by atoms with Crippen molar-refractivity contribution in [3.05, 3.63) is 217 Å². The summed E-state index contributed by atoms with van der Waals surface area (Å²) in [5.41, 5.74) is 12.6. The molecule has 70 heavy (non-hydrogen) atoms. The van der Waals surface area contributed by atoms with Crippen LogP contribution in [0, 0.1) is 0 Å². The second kappa shape index (κ2) is 16.0. The standard InChI is InChI=1S/C66H48N2O2/c1-3-17-45-39-43-19-11-13-25-49(43)61-53-27-15-29-57(65(53)69-63(45)61)67(47-21-7-5-8-22-47)55-37-33-41-32-36-52-56(38-34-42-31-35-51(55)59(41)60(42)52)68(48-23-9-6-10-24-48)58-30-16-28-54-62-50-26-14-12-20-44(50)40-46(18-4-2)64(62)70-66(54)58/h5-16,19-40H,3-4,17-18H2,1-2H3. The average molecular weight is 901 g/mol. The van der Waals surface area contributed by atoms with Gasteiger partial charge in [0.1, 0.15) is 11.2 Å². The van der Waals surface area contributed by atoms with Crippen molar-refractivity contribution in [2.24, 2.45) is 0 Å². The topological polar surface area (TPSA) is 32.8 Å². The fourth-order valence-corrected chi connectivity index (χ4v) is 11.8. The minimum absolute atomic E-state index is 0.885. The Kier molecular flexibility index (Phi) is 9.25. The molecule has 0 saturated heterocycles. The predicted molar refractivity (Wildman–Crippen MR) is 297 cm³/mol. The van der Waals surface area contributed by atoms with Gasteiger partial charge in [0.25, 0.3) is 0 Å². The third kappa shape index (κ3) is 6.02. The number of hydrogen-bond donors (Lipinski definition) is 0. The number of benzene rings is 12. The van der Waals surface area contributed by atoms with Gasteiger partial charge in [0.2, 0.25) is 0 Å². The highest BCUT2D eigenvalue weighted by Crippen LogP contribution is 2.51. The molecule has 4 heteroatoms. The van der Waals surface area contributed by atoms with Crippen LogP contribution in [-0.4, -0.2) is 0 Å². The van der Waals surface area contributed by atoms with E-state index in [0.29, 0.717) is 0 Å². The third-order valence-corrected chi connectivity index (χ3v) is 14.7. The Bertz CT molecular complexity index is 4060. The van der Waals surface area contributed by atoms with Gasteiger partial charge in [0.05, 0.1) is 22.7 Å². The summed E-state index contributed by atoms with van der Waals surface area (Å²) in [6.45, 7) is 4.49. The third-order valence-electron chi connectivity index (χ3n) is 14.7. The summed E-state index contributed by atoms with van der Waals surface area (Å²) < 4.78 is 14.4. The van der Waals surface area contributed by atoms with Crippen LogP contribution in [0.2, 0.25) is 0 Å². The molecular formula is C66H48N2O2. The second-order valence-corrected chi connectivity index (χ2v) is 18.9. The van der Waals surface area contributed by atoms with Crippen LogP contribution >= 0.6 is 0 Å². The number of rotatable bonds is 10. The summed E-state index contributed by atoms with van der Waals surface area (Å²) in [4.78, 5) is 4.82. The molecule has 0 spiro atoms. The number of nitrogens with zero attached hydrogens (tertiary/aromatic N) is 2. The van der Waals surface area contributed by atoms with Crippen molar-refractivity contribution >= 4 is 132 Å². The zero-order valence-electron chi connectivity index (χ0n) is 39.2. The summed E-state index contributed by atoms with van der Waals surface area (Å²) in [6.07, 6.45) is 3.96. The van der Waals surface area contributed by atoms with Crippen molar-refractivity contribution in [3.8, 4) is 0 Å². The van der Waals surface area contributed by atoms with Gasteiger partial charge in [-0.05, 0) is 128 Å². The van der Waals surface area contributed by atoms with Crippen LogP contribution in [0.15, 0.2) is 215 Å². The quantitative estimate of drug-likeness (QED) is 0.128. The number of para-hydroxylation sites is 4. The van der Waals surface area contributed by atoms with Crippen molar-refractivity contribution in [1.29, 1.82) is 0 Å². The van der Waals surface area contributed by atoms with Crippen LogP contribution in [0.5, 0.6) is 0 Å². The van der Waals surface area contributed by atoms with Gasteiger partial charge in [-0.15, -0.1) is 0 Å². The minimum Gasteiger partial charge on any atom is -0.454 e. The van der Waals surface area contributed by atoms with Crippen molar-refractivity contribution in [1.82, 2.24) is 0 Å². The molecule has 12 aromatic carbocycles. The molecule has 0 N–H and O–H groups in total. The Morgan fingerprint density at radius 2 is 0.700 bits per heavy atom. The Morgan fingerprint density at radius 1 is 0.300 bits per heavy atom. The largest absolute Gasteiger partial charge is 0.454 e. The molecule has 0 unspecified atom stereocenters. The van der Waals surface area contributed by atoms with Crippen molar-refractivity contribution in [2.75, 3.05) is 9.80 Å². The molecule has 0 aliphatic carbocycles. The van der Waals surface area contributed by atoms with E-state index in [1.165, 1.54) is 75.8 Å². The van der Waals surface area contributed by atoms with E-state index in [-0.39, 0.29) is 0 Å². The Morgan fingerprint density at radius 3 is 1.14 bits per heavy atom. The van der Waals surface area contributed by atoms with Crippen molar-refractivity contribution < 1.29 is 8.83 Å². The molecule has 0 amide bonds. The molecule has 334 valence electrons. The van der Waals surface area contributed by atoms with Gasteiger partial charge < -0.3 is 18.6 Å². The Labute approximate surface area is 405 Å². The smallest absolute Gasteiger partial charge is 0.159 e. The van der Waals surface area contributed by atoms with Crippen molar-refractivity contribution in [3.63, 3.8) is 0 Å². The lowest BCUT2D eigenvalue weighted by Gasteiger charge is -2.29. The van der Waals surface area contributed by atoms with Gasteiger partial charge >= 0.3 is 0 Å². The first-order chi connectivity index (χ1) is 34.7. The highest BCUT2D eigenvalue weighted by atomic mass is 16.3. The highest BCUT2D eigenvalue weighted by molar-refractivity contribution is 6.29. The normalized spacial score (nSPS) is 12.1. The van der Waals surface area contributed by atoms with E-state index in [1.807, 2.05) is 0 Å². The van der Waals surface area contributed by atoms with Crippen LogP contribution in [0.3, 0.4) is 0 Å². The first kappa shape index (κ1) is 40.5. The van der Waals surface area contributed by atoms with E-state index in [4.69, 9.17) is 8.83 Å². The molecule has 0 saturated carbocycles. The van der Waals surface area contributed by atoms with Gasteiger partial charge in [0.15, 0.2) is 11.2 Å². The van der Waals surface area contributed by atoms with E-state index in [9.17, 15) is 0 Å². The van der Waals surface area contributed by atoms with Crippen LogP contribution in [0.25, 0.3) is 97.7 Å². The number of furan rings is 2. The first-order valence-electron chi connectivity index (χ1n) is 24.8. The number of anilines is 6. The Balaban J connectivity index is 1.02. The monoisotopic (exact) mass is 900 g/mol. The summed E-state index contributed by atoms with van der Waals surface area (Å²) in [5, 5.41) is 16.7. The Hall–Kier alpha value is -8.60. The average Bonchev–Trinajstić information content (AvgIpc) is 4.01. The maximum Gasteiger partial charge on any atom is 0.159 e. The van der Waals surface area contributed by atoms with Gasteiger partial charge in [-0.2, -0.15) is 0 Å². The van der Waals surface area contributed by atoms with Gasteiger partial charge in [0, 0.05) is 43.7 Å². The van der Waals surface area contributed by atoms with Gasteiger partial charge in [-0.25, -0.2) is 0 Å². The van der Waals surface area contributed by atoms with E-state index < -0.39 is 0 Å². The molecule has 2 heterocycles. The molecule has 4 nitrogen and oxygen atoms in total. The molecule has 0 radical (unpaired) electrons. The van der Waals surface area contributed by atoms with E-state index in [0.717, 1.165) is 92.9 Å². The van der Waals surface area contributed by atoms with E-state index in [1.54, 1.807) is 0 Å². The van der Waals surface area contributed by atoms with Gasteiger partial charge in [-0.3, -0.25) is 0 Å². The number of fused-ring (bicyclic) bond motifs is 10. The lowest BCUT2D eigenvalue weighted by Crippen LogP contribution is -2.11. The summed E-state index contributed by atoms with van der Waals surface area (Å²) in [5.74, 6) is 0. The molecule has 0 bridgehead atoms. The van der Waals surface area contributed by atoms with E-state index in [2.05, 4.69) is 230 Å². The van der Waals surface area contributed by atoms with Crippen LogP contribution in [0.1, 0.15) is 37.8 Å². The number of hydrogen-bond acceptors (Lipinski definition) is 4. The SMILES string of the molecule is CCCc1cc2ccccc2c2c1oc1c(N(c3ccccc3)c3ccc4ccc5c(N(c6ccccc6)c6cccc7c6oc6c(CCC)cc8ccccc8c67)ccc6ccc3c4c65)cccc12. The first-order valence-corrected chi connectivity index (χ1v) is 24.8. The van der Waals surface area contributed by atoms with Gasteiger partial charge in [-0.1, -0.05) is 172 Å². The maximum absolute atomic E-state index is 7.19. The number of aryl methyl sites for hydroxylation is 2. The zero-order chi connectivity index (χ0) is 46.5. The molecule has 14 aromatic rings. The molecule has 0 fully saturated rings. The fourth-order valence-electron chi connectivity index (χ4n) is 11.8. The van der Waals surface area contributed by atoms with Crippen LogP contribution < -0.4 is 9.80 Å². The van der Waals surface area contributed by atoms with Crippen LogP contribution in [-0.2, 0) is 12.8 Å². The van der Waals surface area contributed by atoms with Crippen LogP contribution in [0.4, 0.5) is 34.1 Å². The molecular weight excluding hydrogens is 853 g/mol. The summed E-state index contributed by atoms with van der Waals surface area (Å²) in [6, 6.07) is 75.4. The second-order valence-electron chi connectivity index (χ2n) is 18.9. The maximum atomic E-state index is 7.19.